The highest BCUT2D eigenvalue weighted by Gasteiger charge is 2.28. The van der Waals surface area contributed by atoms with Crippen LogP contribution in [0.15, 0.2) is 42.5 Å². The van der Waals surface area contributed by atoms with Crippen LogP contribution in [0.25, 0.3) is 0 Å². The highest BCUT2D eigenvalue weighted by Crippen LogP contribution is 2.39. The number of hydrogen-bond acceptors (Lipinski definition) is 4. The summed E-state index contributed by atoms with van der Waals surface area (Å²) in [5.41, 5.74) is 2.21. The van der Waals surface area contributed by atoms with Crippen molar-refractivity contribution >= 4 is 14.5 Å². The van der Waals surface area contributed by atoms with Gasteiger partial charge in [-0.05, 0) is 55.2 Å². The van der Waals surface area contributed by atoms with Gasteiger partial charge in [-0.15, -0.1) is 9.24 Å². The largest absolute Gasteiger partial charge is 0.493 e. The lowest BCUT2D eigenvalue weighted by Gasteiger charge is -2.34. The van der Waals surface area contributed by atoms with Crippen molar-refractivity contribution in [2.75, 3.05) is 33.9 Å². The van der Waals surface area contributed by atoms with Gasteiger partial charge < -0.3 is 19.5 Å². The molecule has 0 aliphatic carbocycles. The fourth-order valence-electron chi connectivity index (χ4n) is 3.86. The lowest BCUT2D eigenvalue weighted by atomic mass is 9.87. The van der Waals surface area contributed by atoms with Crippen LogP contribution in [-0.2, 0) is 6.42 Å². The van der Waals surface area contributed by atoms with E-state index in [1.165, 1.54) is 10.9 Å². The maximum Gasteiger partial charge on any atom is 0.166 e. The maximum absolute atomic E-state index is 10.9. The van der Waals surface area contributed by atoms with E-state index >= 15 is 0 Å². The molecule has 2 aromatic rings. The van der Waals surface area contributed by atoms with Gasteiger partial charge in [-0.1, -0.05) is 91.8 Å². The number of likely N-dealkylation sites (tertiary alicyclic amines) is 1. The van der Waals surface area contributed by atoms with E-state index in [9.17, 15) is 5.11 Å². The molecule has 202 valence electrons. The molecule has 1 fully saturated rings. The standard InChI is InChI=1S/C22H30NO3P.4C2H6/c1-25-20-5-3-4-19(22(20)26-2)21(24)17-11-14-23(15-12-17)13-10-16-6-8-18(27)9-7-16;4*1-2/h3-9,17,21,24H,10-15,27H2,1-2H3;4*1-2H3. The average Bonchev–Trinajstić information content (AvgIpc) is 2.96. The van der Waals surface area contributed by atoms with Gasteiger partial charge >= 0.3 is 0 Å². The van der Waals surface area contributed by atoms with E-state index in [0.29, 0.717) is 11.5 Å². The van der Waals surface area contributed by atoms with Crippen molar-refractivity contribution in [1.29, 1.82) is 0 Å². The predicted molar refractivity (Wildman–Crippen MR) is 159 cm³/mol. The summed E-state index contributed by atoms with van der Waals surface area (Å²) in [5.74, 6) is 1.56. The van der Waals surface area contributed by atoms with Gasteiger partial charge in [0.2, 0.25) is 0 Å². The number of piperidine rings is 1. The van der Waals surface area contributed by atoms with E-state index in [1.54, 1.807) is 14.2 Å². The Morgan fingerprint density at radius 3 is 1.89 bits per heavy atom. The molecule has 2 unspecified atom stereocenters. The molecular weight excluding hydrogens is 453 g/mol. The third-order valence-electron chi connectivity index (χ3n) is 5.53. The van der Waals surface area contributed by atoms with Crippen molar-refractivity contribution in [3.8, 4) is 11.5 Å². The van der Waals surface area contributed by atoms with Crippen LogP contribution < -0.4 is 14.8 Å². The zero-order valence-corrected chi connectivity index (χ0v) is 25.4. The van der Waals surface area contributed by atoms with Crippen LogP contribution in [0.1, 0.15) is 85.5 Å². The second kappa shape index (κ2) is 22.8. The molecule has 2 atom stereocenters. The van der Waals surface area contributed by atoms with E-state index < -0.39 is 6.10 Å². The Hall–Kier alpha value is -1.61. The lowest BCUT2D eigenvalue weighted by molar-refractivity contribution is 0.0573. The normalized spacial score (nSPS) is 13.7. The third kappa shape index (κ3) is 12.3. The van der Waals surface area contributed by atoms with Crippen LogP contribution >= 0.6 is 9.24 Å². The Balaban J connectivity index is 0. The summed E-state index contributed by atoms with van der Waals surface area (Å²) in [5, 5.41) is 12.2. The van der Waals surface area contributed by atoms with Gasteiger partial charge in [0, 0.05) is 12.1 Å². The van der Waals surface area contributed by atoms with Crippen LogP contribution in [-0.4, -0.2) is 43.9 Å². The number of rotatable bonds is 7. The molecule has 4 nitrogen and oxygen atoms in total. The summed E-state index contributed by atoms with van der Waals surface area (Å²) in [6, 6.07) is 14.4. The van der Waals surface area contributed by atoms with E-state index in [4.69, 9.17) is 9.47 Å². The molecule has 0 bridgehead atoms. The van der Waals surface area contributed by atoms with Crippen LogP contribution in [0.3, 0.4) is 0 Å². The SMILES string of the molecule is CC.CC.CC.CC.COc1cccc(C(O)C2CCN(CCc3ccc(P)cc3)CC2)c1OC. The van der Waals surface area contributed by atoms with Gasteiger partial charge in [0.15, 0.2) is 11.5 Å². The zero-order valence-electron chi connectivity index (χ0n) is 24.2. The average molecular weight is 508 g/mol. The number of aliphatic hydroxyl groups excluding tert-OH is 1. The van der Waals surface area contributed by atoms with Crippen LogP contribution in [0.5, 0.6) is 11.5 Å². The second-order valence-corrected chi connectivity index (χ2v) is 7.86. The van der Waals surface area contributed by atoms with Crippen molar-refractivity contribution < 1.29 is 14.6 Å². The van der Waals surface area contributed by atoms with Crippen molar-refractivity contribution in [1.82, 2.24) is 4.90 Å². The first-order chi connectivity index (χ1) is 17.1. The van der Waals surface area contributed by atoms with E-state index in [-0.39, 0.29) is 5.92 Å². The zero-order chi connectivity index (χ0) is 27.2. The summed E-state index contributed by atoms with van der Waals surface area (Å²) in [6.45, 7) is 19.1. The number of para-hydroxylation sites is 1. The molecule has 1 saturated heterocycles. The predicted octanol–water partition coefficient (Wildman–Crippen LogP) is 7.30. The topological polar surface area (TPSA) is 41.9 Å². The molecular formula is C30H54NO3P. The van der Waals surface area contributed by atoms with Crippen molar-refractivity contribution in [2.45, 2.75) is 80.8 Å². The van der Waals surface area contributed by atoms with Gasteiger partial charge in [0.05, 0.1) is 20.3 Å². The number of nitrogens with zero attached hydrogens (tertiary/aromatic N) is 1. The quantitative estimate of drug-likeness (QED) is 0.399. The molecule has 0 aromatic heterocycles. The van der Waals surface area contributed by atoms with Gasteiger partial charge in [-0.3, -0.25) is 0 Å². The van der Waals surface area contributed by atoms with Gasteiger partial charge in [0.25, 0.3) is 0 Å². The third-order valence-corrected chi connectivity index (χ3v) is 5.91. The smallest absolute Gasteiger partial charge is 0.166 e. The van der Waals surface area contributed by atoms with Gasteiger partial charge in [0.1, 0.15) is 0 Å². The summed E-state index contributed by atoms with van der Waals surface area (Å²) in [7, 11) is 5.98. The molecule has 0 spiro atoms. The molecule has 1 aliphatic rings. The van der Waals surface area contributed by atoms with Gasteiger partial charge in [-0.2, -0.15) is 0 Å². The van der Waals surface area contributed by atoms with Crippen LogP contribution in [0.4, 0.5) is 0 Å². The van der Waals surface area contributed by atoms with E-state index in [1.807, 2.05) is 73.6 Å². The monoisotopic (exact) mass is 507 g/mol. The fraction of sp³-hybridized carbons (Fsp3) is 0.600. The van der Waals surface area contributed by atoms with Crippen molar-refractivity contribution in [2.24, 2.45) is 5.92 Å². The second-order valence-electron chi connectivity index (χ2n) is 7.20. The Kier molecular flexibility index (Phi) is 23.2. The first-order valence-electron chi connectivity index (χ1n) is 13.6. The van der Waals surface area contributed by atoms with Crippen molar-refractivity contribution in [3.05, 3.63) is 53.6 Å². The molecule has 35 heavy (non-hydrogen) atoms. The number of hydrogen-bond donors (Lipinski definition) is 1. The molecule has 1 N–H and O–H groups in total. The molecule has 1 heterocycles. The minimum Gasteiger partial charge on any atom is -0.493 e. The van der Waals surface area contributed by atoms with Crippen LogP contribution in [0.2, 0.25) is 0 Å². The Morgan fingerprint density at radius 1 is 0.857 bits per heavy atom. The summed E-state index contributed by atoms with van der Waals surface area (Å²) < 4.78 is 10.9. The Labute approximate surface area is 219 Å². The summed E-state index contributed by atoms with van der Waals surface area (Å²) >= 11 is 0. The first-order valence-corrected chi connectivity index (χ1v) is 14.2. The number of benzene rings is 2. The number of aliphatic hydroxyl groups is 1. The maximum atomic E-state index is 10.9. The Bertz CT molecular complexity index is 729. The summed E-state index contributed by atoms with van der Waals surface area (Å²) in [6.07, 6.45) is 2.53. The molecule has 2 aromatic carbocycles. The minimum absolute atomic E-state index is 0.249. The first kappa shape index (κ1) is 35.6. The highest BCUT2D eigenvalue weighted by atomic mass is 31.0. The molecule has 1 aliphatic heterocycles. The number of methoxy groups -OCH3 is 2. The molecule has 0 radical (unpaired) electrons. The molecule has 3 rings (SSSR count). The van der Waals surface area contributed by atoms with Crippen molar-refractivity contribution in [3.63, 3.8) is 0 Å². The molecule has 5 heteroatoms. The molecule has 0 amide bonds. The van der Waals surface area contributed by atoms with E-state index in [0.717, 1.165) is 44.5 Å². The minimum atomic E-state index is -0.521. The summed E-state index contributed by atoms with van der Waals surface area (Å²) in [4.78, 5) is 2.50. The number of ether oxygens (including phenoxy) is 2. The highest BCUT2D eigenvalue weighted by molar-refractivity contribution is 7.27. The van der Waals surface area contributed by atoms with E-state index in [2.05, 4.69) is 38.4 Å². The molecule has 0 saturated carbocycles. The lowest BCUT2D eigenvalue weighted by Crippen LogP contribution is -2.36. The van der Waals surface area contributed by atoms with Gasteiger partial charge in [-0.25, -0.2) is 0 Å². The van der Waals surface area contributed by atoms with Crippen LogP contribution in [0, 0.1) is 5.92 Å². The Morgan fingerprint density at radius 2 is 1.40 bits per heavy atom. The fourth-order valence-corrected chi connectivity index (χ4v) is 4.06.